The summed E-state index contributed by atoms with van der Waals surface area (Å²) in [5.41, 5.74) is 1.47. The molecule has 0 fully saturated rings. The van der Waals surface area contributed by atoms with Gasteiger partial charge in [0.1, 0.15) is 6.04 Å². The number of benzene rings is 2. The van der Waals surface area contributed by atoms with Gasteiger partial charge in [-0.25, -0.2) is 0 Å². The van der Waals surface area contributed by atoms with Crippen molar-refractivity contribution < 1.29 is 4.79 Å². The summed E-state index contributed by atoms with van der Waals surface area (Å²) < 4.78 is 0. The number of amides is 1. The molecule has 3 nitrogen and oxygen atoms in total. The Morgan fingerprint density at radius 1 is 1.00 bits per heavy atom. The molecule has 2 rings (SSSR count). The van der Waals surface area contributed by atoms with E-state index in [2.05, 4.69) is 10.6 Å². The van der Waals surface area contributed by atoms with Gasteiger partial charge in [-0.2, -0.15) is 0 Å². The molecule has 104 valence electrons. The highest BCUT2D eigenvalue weighted by atomic mass is 35.5. The number of carbonyl (C=O) groups excluding carboxylic acids is 1. The molecule has 1 atom stereocenters. The Hall–Kier alpha value is -1.71. The molecule has 0 aliphatic rings. The molecule has 2 N–H and O–H groups in total. The summed E-state index contributed by atoms with van der Waals surface area (Å²) in [5.74, 6) is -0.160. The zero-order valence-corrected chi connectivity index (χ0v) is 12.4. The second-order valence-electron chi connectivity index (χ2n) is 4.38. The summed E-state index contributed by atoms with van der Waals surface area (Å²) in [6.45, 7) is 1.79. The average Bonchev–Trinajstić information content (AvgIpc) is 2.38. The molecule has 0 heterocycles. The Labute approximate surface area is 127 Å². The van der Waals surface area contributed by atoms with Crippen LogP contribution in [0.25, 0.3) is 0 Å². The number of rotatable bonds is 4. The van der Waals surface area contributed by atoms with E-state index in [1.54, 1.807) is 25.1 Å². The van der Waals surface area contributed by atoms with E-state index in [9.17, 15) is 4.79 Å². The van der Waals surface area contributed by atoms with Crippen molar-refractivity contribution in [2.75, 3.05) is 10.6 Å². The number of hydrogen-bond donors (Lipinski definition) is 2. The number of anilines is 2. The molecule has 0 bridgehead atoms. The second kappa shape index (κ2) is 6.64. The molecule has 2 aromatic rings. The van der Waals surface area contributed by atoms with Crippen molar-refractivity contribution in [3.05, 3.63) is 58.6 Å². The molecular weight excluding hydrogens is 295 g/mol. The topological polar surface area (TPSA) is 41.1 Å². The Morgan fingerprint density at radius 2 is 1.60 bits per heavy atom. The molecule has 1 unspecified atom stereocenters. The van der Waals surface area contributed by atoms with Gasteiger partial charge in [-0.3, -0.25) is 4.79 Å². The molecule has 0 spiro atoms. The smallest absolute Gasteiger partial charge is 0.246 e. The molecular formula is C15H14Cl2N2O. The van der Waals surface area contributed by atoms with Crippen molar-refractivity contribution in [3.8, 4) is 0 Å². The van der Waals surface area contributed by atoms with E-state index < -0.39 is 0 Å². The number of nitrogens with one attached hydrogen (secondary N) is 2. The fourth-order valence-electron chi connectivity index (χ4n) is 1.73. The van der Waals surface area contributed by atoms with Crippen LogP contribution in [0.2, 0.25) is 10.0 Å². The first-order chi connectivity index (χ1) is 9.54. The molecule has 5 heteroatoms. The monoisotopic (exact) mass is 308 g/mol. The van der Waals surface area contributed by atoms with Crippen molar-refractivity contribution in [1.29, 1.82) is 0 Å². The number of carbonyl (C=O) groups is 1. The van der Waals surface area contributed by atoms with Gasteiger partial charge in [0.15, 0.2) is 0 Å². The Morgan fingerprint density at radius 3 is 2.20 bits per heavy atom. The highest BCUT2D eigenvalue weighted by Crippen LogP contribution is 2.22. The fraction of sp³-hybridized carbons (Fsp3) is 0.133. The van der Waals surface area contributed by atoms with E-state index >= 15 is 0 Å². The lowest BCUT2D eigenvalue weighted by atomic mass is 10.2. The second-order valence-corrected chi connectivity index (χ2v) is 5.25. The first-order valence-corrected chi connectivity index (χ1v) is 6.89. The minimum absolute atomic E-state index is 0.160. The predicted octanol–water partition coefficient (Wildman–Crippen LogP) is 4.43. The van der Waals surface area contributed by atoms with Gasteiger partial charge in [0.25, 0.3) is 0 Å². The lowest BCUT2D eigenvalue weighted by Crippen LogP contribution is -2.31. The van der Waals surface area contributed by atoms with Gasteiger partial charge in [-0.05, 0) is 37.3 Å². The molecule has 0 saturated heterocycles. The summed E-state index contributed by atoms with van der Waals surface area (Å²) in [6, 6.07) is 14.1. The number of hydrogen-bond acceptors (Lipinski definition) is 2. The third-order valence-corrected chi connectivity index (χ3v) is 3.12. The van der Waals surface area contributed by atoms with Gasteiger partial charge in [0, 0.05) is 21.4 Å². The molecule has 0 aliphatic heterocycles. The lowest BCUT2D eigenvalue weighted by molar-refractivity contribution is -0.116. The van der Waals surface area contributed by atoms with Gasteiger partial charge in [-0.15, -0.1) is 0 Å². The molecule has 0 radical (unpaired) electrons. The van der Waals surface area contributed by atoms with Crippen LogP contribution in [0, 0.1) is 0 Å². The maximum absolute atomic E-state index is 12.1. The SMILES string of the molecule is CC(Nc1ccccc1)C(=O)Nc1cc(Cl)cc(Cl)c1. The van der Waals surface area contributed by atoms with Crippen LogP contribution in [0.15, 0.2) is 48.5 Å². The third kappa shape index (κ3) is 4.15. The largest absolute Gasteiger partial charge is 0.374 e. The van der Waals surface area contributed by atoms with Crippen molar-refractivity contribution >= 4 is 40.5 Å². The Balaban J connectivity index is 2.00. The maximum Gasteiger partial charge on any atom is 0.246 e. The average molecular weight is 309 g/mol. The summed E-state index contributed by atoms with van der Waals surface area (Å²) in [7, 11) is 0. The van der Waals surface area contributed by atoms with Crippen LogP contribution in [0.3, 0.4) is 0 Å². The summed E-state index contributed by atoms with van der Waals surface area (Å²) >= 11 is 11.8. The zero-order valence-electron chi connectivity index (χ0n) is 10.9. The van der Waals surface area contributed by atoms with Gasteiger partial charge < -0.3 is 10.6 Å². The van der Waals surface area contributed by atoms with Crippen molar-refractivity contribution in [1.82, 2.24) is 0 Å². The highest BCUT2D eigenvalue weighted by molar-refractivity contribution is 6.35. The van der Waals surface area contributed by atoms with Crippen LogP contribution >= 0.6 is 23.2 Å². The van der Waals surface area contributed by atoms with Crippen LogP contribution in [0.1, 0.15) is 6.92 Å². The first kappa shape index (κ1) is 14.7. The molecule has 0 aliphatic carbocycles. The van der Waals surface area contributed by atoms with Crippen LogP contribution in [-0.2, 0) is 4.79 Å². The quantitative estimate of drug-likeness (QED) is 0.877. The first-order valence-electron chi connectivity index (χ1n) is 6.13. The van der Waals surface area contributed by atoms with Gasteiger partial charge in [-0.1, -0.05) is 41.4 Å². The minimum atomic E-state index is -0.379. The van der Waals surface area contributed by atoms with E-state index in [1.807, 2.05) is 30.3 Å². The summed E-state index contributed by atoms with van der Waals surface area (Å²) in [6.07, 6.45) is 0. The van der Waals surface area contributed by atoms with Gasteiger partial charge in [0.05, 0.1) is 0 Å². The Bertz CT molecular complexity index is 582. The van der Waals surface area contributed by atoms with Crippen LogP contribution in [0.5, 0.6) is 0 Å². The van der Waals surface area contributed by atoms with Crippen molar-refractivity contribution in [3.63, 3.8) is 0 Å². The van der Waals surface area contributed by atoms with E-state index in [1.165, 1.54) is 0 Å². The maximum atomic E-state index is 12.1. The molecule has 1 amide bonds. The molecule has 0 aromatic heterocycles. The highest BCUT2D eigenvalue weighted by Gasteiger charge is 2.13. The van der Waals surface area contributed by atoms with E-state index in [0.717, 1.165) is 5.69 Å². The van der Waals surface area contributed by atoms with Crippen LogP contribution in [0.4, 0.5) is 11.4 Å². The predicted molar refractivity (Wildman–Crippen MR) is 84.6 cm³/mol. The molecule has 20 heavy (non-hydrogen) atoms. The normalized spacial score (nSPS) is 11.8. The number of para-hydroxylation sites is 1. The third-order valence-electron chi connectivity index (χ3n) is 2.68. The van der Waals surface area contributed by atoms with Gasteiger partial charge >= 0.3 is 0 Å². The van der Waals surface area contributed by atoms with Crippen LogP contribution in [-0.4, -0.2) is 11.9 Å². The molecule has 0 saturated carbocycles. The molecule has 2 aromatic carbocycles. The van der Waals surface area contributed by atoms with Gasteiger partial charge in [0.2, 0.25) is 5.91 Å². The van der Waals surface area contributed by atoms with E-state index in [-0.39, 0.29) is 11.9 Å². The standard InChI is InChI=1S/C15H14Cl2N2O/c1-10(18-13-5-3-2-4-6-13)15(20)19-14-8-11(16)7-12(17)9-14/h2-10,18H,1H3,(H,19,20). The van der Waals surface area contributed by atoms with E-state index in [0.29, 0.717) is 15.7 Å². The van der Waals surface area contributed by atoms with E-state index in [4.69, 9.17) is 23.2 Å². The van der Waals surface area contributed by atoms with Crippen molar-refractivity contribution in [2.24, 2.45) is 0 Å². The van der Waals surface area contributed by atoms with Crippen molar-refractivity contribution in [2.45, 2.75) is 13.0 Å². The number of halogens is 2. The lowest BCUT2D eigenvalue weighted by Gasteiger charge is -2.15. The minimum Gasteiger partial charge on any atom is -0.374 e. The summed E-state index contributed by atoms with van der Waals surface area (Å²) in [5, 5.41) is 6.85. The fourth-order valence-corrected chi connectivity index (χ4v) is 2.25. The zero-order chi connectivity index (χ0) is 14.5. The van der Waals surface area contributed by atoms with Crippen LogP contribution < -0.4 is 10.6 Å². The Kier molecular flexibility index (Phi) is 4.88. The summed E-state index contributed by atoms with van der Waals surface area (Å²) in [4.78, 5) is 12.1.